The second kappa shape index (κ2) is 10.3. The van der Waals surface area contributed by atoms with Crippen molar-refractivity contribution >= 4 is 11.9 Å². The van der Waals surface area contributed by atoms with Crippen LogP contribution in [0.3, 0.4) is 0 Å². The average molecular weight is 373 g/mol. The van der Waals surface area contributed by atoms with E-state index in [1.807, 2.05) is 44.2 Å². The Hall–Kier alpha value is -2.89. The lowest BCUT2D eigenvalue weighted by Crippen LogP contribution is -2.46. The Balaban J connectivity index is 1.80. The van der Waals surface area contributed by atoms with E-state index in [1.165, 1.54) is 12.1 Å². The van der Waals surface area contributed by atoms with Crippen LogP contribution in [0.1, 0.15) is 19.4 Å². The van der Waals surface area contributed by atoms with Crippen molar-refractivity contribution < 1.29 is 23.5 Å². The zero-order valence-electron chi connectivity index (χ0n) is 15.5. The number of hydrogen-bond donors (Lipinski definition) is 1. The maximum absolute atomic E-state index is 13.5. The third-order valence-electron chi connectivity index (χ3n) is 3.87. The average Bonchev–Trinajstić information content (AvgIpc) is 2.65. The Morgan fingerprint density at radius 1 is 1.00 bits per heavy atom. The molecule has 0 bridgehead atoms. The van der Waals surface area contributed by atoms with E-state index in [4.69, 9.17) is 9.47 Å². The maximum atomic E-state index is 13.5. The van der Waals surface area contributed by atoms with Gasteiger partial charge in [0.05, 0.1) is 6.42 Å². The molecule has 2 rings (SSSR count). The third kappa shape index (κ3) is 6.73. The summed E-state index contributed by atoms with van der Waals surface area (Å²) in [5.41, 5.74) is 0.865. The molecule has 0 saturated heterocycles. The van der Waals surface area contributed by atoms with Crippen molar-refractivity contribution in [1.82, 2.24) is 5.32 Å². The van der Waals surface area contributed by atoms with Crippen LogP contribution in [0.15, 0.2) is 54.6 Å². The normalized spacial score (nSPS) is 11.7. The summed E-state index contributed by atoms with van der Waals surface area (Å²) in [5, 5.41) is 2.72. The van der Waals surface area contributed by atoms with Gasteiger partial charge in [0.25, 0.3) is 0 Å². The number of amides is 1. The first kappa shape index (κ1) is 20.4. The zero-order chi connectivity index (χ0) is 19.6. The van der Waals surface area contributed by atoms with E-state index >= 15 is 0 Å². The standard InChI is InChI=1S/C21H24FNO4/c1-15(2)20(23-19(24)14-16-8-4-3-5-9-16)21(25)27-13-12-26-18-11-7-6-10-17(18)22/h3-11,15,20H,12-14H2,1-2H3,(H,23,24)/t20-/m1/s1. The van der Waals surface area contributed by atoms with Gasteiger partial charge in [0.1, 0.15) is 19.3 Å². The minimum absolute atomic E-state index is 0.0233. The molecule has 0 aliphatic heterocycles. The van der Waals surface area contributed by atoms with Gasteiger partial charge in [0.2, 0.25) is 5.91 Å². The molecule has 0 fully saturated rings. The van der Waals surface area contributed by atoms with Crippen LogP contribution >= 0.6 is 0 Å². The van der Waals surface area contributed by atoms with Crippen molar-refractivity contribution in [2.45, 2.75) is 26.3 Å². The van der Waals surface area contributed by atoms with E-state index in [-0.39, 0.29) is 37.2 Å². The topological polar surface area (TPSA) is 64.6 Å². The molecule has 0 aromatic heterocycles. The van der Waals surface area contributed by atoms with E-state index < -0.39 is 17.8 Å². The van der Waals surface area contributed by atoms with Gasteiger partial charge < -0.3 is 14.8 Å². The molecule has 2 aromatic carbocycles. The summed E-state index contributed by atoms with van der Waals surface area (Å²) in [4.78, 5) is 24.5. The largest absolute Gasteiger partial charge is 0.487 e. The van der Waals surface area contributed by atoms with Crippen LogP contribution in [0, 0.1) is 11.7 Å². The number of carbonyl (C=O) groups is 2. The summed E-state index contributed by atoms with van der Waals surface area (Å²) in [7, 11) is 0. The highest BCUT2D eigenvalue weighted by Gasteiger charge is 2.25. The molecule has 5 nitrogen and oxygen atoms in total. The molecule has 1 atom stereocenters. The van der Waals surface area contributed by atoms with E-state index in [1.54, 1.807) is 12.1 Å². The number of para-hydroxylation sites is 1. The first-order valence-corrected chi connectivity index (χ1v) is 8.84. The fourth-order valence-corrected chi connectivity index (χ4v) is 2.45. The molecule has 0 heterocycles. The van der Waals surface area contributed by atoms with Crippen LogP contribution in [0.5, 0.6) is 5.75 Å². The summed E-state index contributed by atoms with van der Waals surface area (Å²) < 4.78 is 23.9. The number of esters is 1. The molecule has 1 N–H and O–H groups in total. The number of hydrogen-bond acceptors (Lipinski definition) is 4. The molecule has 6 heteroatoms. The van der Waals surface area contributed by atoms with Gasteiger partial charge in [-0.2, -0.15) is 0 Å². The Bertz CT molecular complexity index is 749. The first-order valence-electron chi connectivity index (χ1n) is 8.84. The molecular formula is C21H24FNO4. The van der Waals surface area contributed by atoms with Crippen LogP contribution < -0.4 is 10.1 Å². The Kier molecular flexibility index (Phi) is 7.79. The van der Waals surface area contributed by atoms with E-state index in [9.17, 15) is 14.0 Å². The van der Waals surface area contributed by atoms with E-state index in [0.717, 1.165) is 5.56 Å². The van der Waals surface area contributed by atoms with Crippen molar-refractivity contribution in [3.05, 3.63) is 66.0 Å². The van der Waals surface area contributed by atoms with Gasteiger partial charge in [0.15, 0.2) is 11.6 Å². The highest BCUT2D eigenvalue weighted by Crippen LogP contribution is 2.15. The minimum Gasteiger partial charge on any atom is -0.487 e. The van der Waals surface area contributed by atoms with Gasteiger partial charge in [0, 0.05) is 0 Å². The highest BCUT2D eigenvalue weighted by molar-refractivity contribution is 5.85. The first-order chi connectivity index (χ1) is 13.0. The highest BCUT2D eigenvalue weighted by atomic mass is 19.1. The fourth-order valence-electron chi connectivity index (χ4n) is 2.45. The molecule has 0 aliphatic carbocycles. The Morgan fingerprint density at radius 3 is 2.33 bits per heavy atom. The fraction of sp³-hybridized carbons (Fsp3) is 0.333. The number of halogens is 1. The van der Waals surface area contributed by atoms with Crippen molar-refractivity contribution in [3.8, 4) is 5.75 Å². The van der Waals surface area contributed by atoms with E-state index in [0.29, 0.717) is 0 Å². The SMILES string of the molecule is CC(C)[C@@H](NC(=O)Cc1ccccc1)C(=O)OCCOc1ccccc1F. The van der Waals surface area contributed by atoms with Gasteiger partial charge in [-0.1, -0.05) is 56.3 Å². The molecule has 1 amide bonds. The minimum atomic E-state index is -0.755. The second-order valence-corrected chi connectivity index (χ2v) is 6.40. The zero-order valence-corrected chi connectivity index (χ0v) is 15.5. The van der Waals surface area contributed by atoms with Crippen LogP contribution in [-0.4, -0.2) is 31.1 Å². The van der Waals surface area contributed by atoms with Crippen molar-refractivity contribution in [2.24, 2.45) is 5.92 Å². The predicted molar refractivity (Wildman–Crippen MR) is 99.8 cm³/mol. The summed E-state index contributed by atoms with van der Waals surface area (Å²) in [6, 6.07) is 14.5. The Labute approximate surface area is 158 Å². The Morgan fingerprint density at radius 2 is 1.67 bits per heavy atom. The lowest BCUT2D eigenvalue weighted by Gasteiger charge is -2.21. The second-order valence-electron chi connectivity index (χ2n) is 6.40. The van der Waals surface area contributed by atoms with Crippen LogP contribution in [0.25, 0.3) is 0 Å². The molecule has 0 unspecified atom stereocenters. The van der Waals surface area contributed by atoms with Crippen molar-refractivity contribution in [1.29, 1.82) is 0 Å². The lowest BCUT2D eigenvalue weighted by molar-refractivity contribution is -0.149. The van der Waals surface area contributed by atoms with Crippen LogP contribution in [0.4, 0.5) is 4.39 Å². The summed E-state index contributed by atoms with van der Waals surface area (Å²) >= 11 is 0. The monoisotopic (exact) mass is 373 g/mol. The summed E-state index contributed by atoms with van der Waals surface area (Å²) in [5.74, 6) is -1.30. The van der Waals surface area contributed by atoms with Gasteiger partial charge in [-0.25, -0.2) is 9.18 Å². The lowest BCUT2D eigenvalue weighted by atomic mass is 10.0. The van der Waals surface area contributed by atoms with E-state index in [2.05, 4.69) is 5.32 Å². The molecule has 0 spiro atoms. The van der Waals surface area contributed by atoms with Gasteiger partial charge in [-0.05, 0) is 23.6 Å². The molecule has 144 valence electrons. The van der Waals surface area contributed by atoms with Crippen molar-refractivity contribution in [3.63, 3.8) is 0 Å². The molecule has 0 aliphatic rings. The molecule has 27 heavy (non-hydrogen) atoms. The molecule has 2 aromatic rings. The van der Waals surface area contributed by atoms with Crippen molar-refractivity contribution in [2.75, 3.05) is 13.2 Å². The number of nitrogens with one attached hydrogen (secondary N) is 1. The number of ether oxygens (including phenoxy) is 2. The van der Waals surface area contributed by atoms with Gasteiger partial charge in [-0.3, -0.25) is 4.79 Å². The van der Waals surface area contributed by atoms with Gasteiger partial charge in [-0.15, -0.1) is 0 Å². The quantitative estimate of drug-likeness (QED) is 0.542. The molecule has 0 radical (unpaired) electrons. The number of rotatable bonds is 9. The third-order valence-corrected chi connectivity index (χ3v) is 3.87. The van der Waals surface area contributed by atoms with Gasteiger partial charge >= 0.3 is 5.97 Å². The maximum Gasteiger partial charge on any atom is 0.329 e. The molecular weight excluding hydrogens is 349 g/mol. The predicted octanol–water partition coefficient (Wildman–Crippen LogP) is 3.13. The smallest absolute Gasteiger partial charge is 0.329 e. The summed E-state index contributed by atoms with van der Waals surface area (Å²) in [6.45, 7) is 3.63. The number of carbonyl (C=O) groups excluding carboxylic acids is 2. The molecule has 0 saturated carbocycles. The van der Waals surface area contributed by atoms with Crippen LogP contribution in [-0.2, 0) is 20.7 Å². The van der Waals surface area contributed by atoms with Crippen LogP contribution in [0.2, 0.25) is 0 Å². The summed E-state index contributed by atoms with van der Waals surface area (Å²) in [6.07, 6.45) is 0.188. The number of benzene rings is 2.